The van der Waals surface area contributed by atoms with Crippen LogP contribution in [0.4, 0.5) is 4.79 Å². The van der Waals surface area contributed by atoms with Crippen LogP contribution in [0.2, 0.25) is 0 Å². The number of aryl methyl sites for hydroxylation is 1. The average molecular weight is 581 g/mol. The number of thioether (sulfide) groups is 1. The van der Waals surface area contributed by atoms with Crippen LogP contribution >= 0.6 is 11.8 Å². The van der Waals surface area contributed by atoms with Crippen molar-refractivity contribution in [3.63, 3.8) is 0 Å². The van der Waals surface area contributed by atoms with Crippen molar-refractivity contribution in [1.29, 1.82) is 0 Å². The summed E-state index contributed by atoms with van der Waals surface area (Å²) in [7, 11) is 0. The lowest BCUT2D eigenvalue weighted by atomic mass is 10.0. The van der Waals surface area contributed by atoms with Crippen LogP contribution in [0.25, 0.3) is 0 Å². The van der Waals surface area contributed by atoms with Gasteiger partial charge in [-0.25, -0.2) is 4.79 Å². The molecule has 2 fully saturated rings. The van der Waals surface area contributed by atoms with E-state index in [1.165, 1.54) is 0 Å². The number of aromatic nitrogens is 3. The van der Waals surface area contributed by atoms with Crippen molar-refractivity contribution in [2.45, 2.75) is 88.7 Å². The summed E-state index contributed by atoms with van der Waals surface area (Å²) in [5, 5.41) is 25.0. The number of unbranched alkanes of at least 4 members (excludes halogenated alkanes) is 1. The minimum Gasteiger partial charge on any atom is -0.356 e. The summed E-state index contributed by atoms with van der Waals surface area (Å²) in [6.07, 6.45) is 9.58. The first-order chi connectivity index (χ1) is 19.6. The molecule has 0 bridgehead atoms. The molecule has 3 heterocycles. The van der Waals surface area contributed by atoms with Gasteiger partial charge in [0.2, 0.25) is 5.91 Å². The topological polar surface area (TPSA) is 154 Å². The van der Waals surface area contributed by atoms with Crippen molar-refractivity contribution in [1.82, 2.24) is 46.5 Å². The van der Waals surface area contributed by atoms with Crippen LogP contribution in [-0.2, 0) is 17.9 Å². The van der Waals surface area contributed by atoms with Crippen molar-refractivity contribution >= 4 is 23.7 Å². The van der Waals surface area contributed by atoms with E-state index in [4.69, 9.17) is 5.73 Å². The first-order valence-electron chi connectivity index (χ1n) is 15.3. The normalized spacial score (nSPS) is 20.1. The molecule has 0 radical (unpaired) electrons. The Morgan fingerprint density at radius 1 is 1.10 bits per heavy atom. The fourth-order valence-corrected chi connectivity index (χ4v) is 6.79. The van der Waals surface area contributed by atoms with Gasteiger partial charge >= 0.3 is 6.03 Å². The van der Waals surface area contributed by atoms with Gasteiger partial charge in [0.1, 0.15) is 0 Å². The summed E-state index contributed by atoms with van der Waals surface area (Å²) in [5.74, 6) is 1.09. The average Bonchev–Trinajstić information content (AvgIpc) is 3.64. The molecule has 2 aliphatic heterocycles. The fraction of sp³-hybridized carbons (Fsp3) is 0.852. The van der Waals surface area contributed by atoms with Crippen LogP contribution in [0.5, 0.6) is 0 Å². The Labute approximate surface area is 244 Å². The van der Waals surface area contributed by atoms with Crippen LogP contribution in [0.15, 0.2) is 6.20 Å². The van der Waals surface area contributed by atoms with Crippen molar-refractivity contribution < 1.29 is 9.59 Å². The third-order valence-electron chi connectivity index (χ3n) is 7.34. The number of hydrogen-bond donors (Lipinski definition) is 6. The monoisotopic (exact) mass is 580 g/mol. The number of nitrogens with one attached hydrogen (secondary N) is 5. The maximum Gasteiger partial charge on any atom is 0.315 e. The van der Waals surface area contributed by atoms with Gasteiger partial charge in [-0.1, -0.05) is 18.6 Å². The smallest absolute Gasteiger partial charge is 0.315 e. The minimum absolute atomic E-state index is 0.0434. The van der Waals surface area contributed by atoms with Crippen molar-refractivity contribution in [2.24, 2.45) is 5.73 Å². The summed E-state index contributed by atoms with van der Waals surface area (Å²) in [4.78, 5) is 26.2. The number of nitrogens with zero attached hydrogens (tertiary/aromatic N) is 4. The minimum atomic E-state index is -0.0434. The summed E-state index contributed by atoms with van der Waals surface area (Å²) in [6.45, 7) is 11.2. The molecular weight excluding hydrogens is 528 g/mol. The lowest BCUT2D eigenvalue weighted by Gasteiger charge is -2.20. The molecule has 3 atom stereocenters. The van der Waals surface area contributed by atoms with Crippen LogP contribution < -0.4 is 32.3 Å². The first kappa shape index (κ1) is 32.6. The van der Waals surface area contributed by atoms with Gasteiger partial charge in [-0.05, 0) is 71.2 Å². The van der Waals surface area contributed by atoms with Gasteiger partial charge in [0, 0.05) is 56.3 Å². The van der Waals surface area contributed by atoms with Gasteiger partial charge in [0.05, 0.1) is 17.8 Å². The number of nitrogens with two attached hydrogens (primary N) is 1. The predicted octanol–water partition coefficient (Wildman–Crippen LogP) is 0.640. The third kappa shape index (κ3) is 12.3. The van der Waals surface area contributed by atoms with Gasteiger partial charge in [0.15, 0.2) is 0 Å². The van der Waals surface area contributed by atoms with Gasteiger partial charge in [-0.15, -0.1) is 5.10 Å². The standard InChI is InChI=1S/C27H52N10O2S/c1-2-16-36(17-6-12-30-15-14-29-11-5-10-28)19-22-20-37(35-34-22)18-7-13-31-25(38)9-4-3-8-24-26-23(21-40-24)32-27(39)33-26/h20,23-24,26,29-30H,2-19,21,28H2,1H3,(H,31,38)(H2,32,33,39)/t23-,24-,26-/m0/s1. The Bertz CT molecular complexity index is 857. The molecule has 3 rings (SSSR count). The van der Waals surface area contributed by atoms with E-state index < -0.39 is 0 Å². The molecule has 0 saturated carbocycles. The molecule has 13 heteroatoms. The van der Waals surface area contributed by atoms with E-state index in [0.717, 1.165) is 115 Å². The molecule has 7 N–H and O–H groups in total. The molecule has 1 aromatic rings. The van der Waals surface area contributed by atoms with Crippen LogP contribution in [0.3, 0.4) is 0 Å². The third-order valence-corrected chi connectivity index (χ3v) is 8.85. The maximum atomic E-state index is 12.2. The zero-order valence-electron chi connectivity index (χ0n) is 24.3. The molecule has 0 aliphatic carbocycles. The molecule has 1 aromatic heterocycles. The van der Waals surface area contributed by atoms with Gasteiger partial charge in [-0.2, -0.15) is 11.8 Å². The zero-order chi connectivity index (χ0) is 28.4. The highest BCUT2D eigenvalue weighted by atomic mass is 32.2. The largest absolute Gasteiger partial charge is 0.356 e. The number of carbonyl (C=O) groups excluding carboxylic acids is 2. The summed E-state index contributed by atoms with van der Waals surface area (Å²) in [6, 6.07) is 0.461. The zero-order valence-corrected chi connectivity index (χ0v) is 25.2. The lowest BCUT2D eigenvalue weighted by Crippen LogP contribution is -2.36. The Balaban J connectivity index is 1.19. The predicted molar refractivity (Wildman–Crippen MR) is 161 cm³/mol. The molecule has 0 unspecified atom stereocenters. The highest BCUT2D eigenvalue weighted by Gasteiger charge is 2.42. The van der Waals surface area contributed by atoms with Gasteiger partial charge in [-0.3, -0.25) is 14.4 Å². The number of fused-ring (bicyclic) bond motifs is 1. The van der Waals surface area contributed by atoms with Crippen molar-refractivity contribution in [3.05, 3.63) is 11.9 Å². The highest BCUT2D eigenvalue weighted by molar-refractivity contribution is 8.00. The molecule has 228 valence electrons. The molecule has 2 saturated heterocycles. The van der Waals surface area contributed by atoms with Crippen LogP contribution in [0, 0.1) is 0 Å². The second kappa shape index (κ2) is 19.2. The molecule has 3 amide bonds. The Kier molecular flexibility index (Phi) is 15.7. The Morgan fingerprint density at radius 3 is 2.73 bits per heavy atom. The summed E-state index contributed by atoms with van der Waals surface area (Å²) >= 11 is 1.92. The quantitative estimate of drug-likeness (QED) is 0.0808. The van der Waals surface area contributed by atoms with Crippen LogP contribution in [-0.4, -0.2) is 107 Å². The molecule has 0 spiro atoms. The van der Waals surface area contributed by atoms with E-state index in [9.17, 15) is 9.59 Å². The lowest BCUT2D eigenvalue weighted by molar-refractivity contribution is -0.121. The van der Waals surface area contributed by atoms with E-state index in [2.05, 4.69) is 48.7 Å². The van der Waals surface area contributed by atoms with E-state index in [1.54, 1.807) is 0 Å². The fourth-order valence-electron chi connectivity index (χ4n) is 5.25. The molecule has 0 aromatic carbocycles. The number of rotatable bonds is 23. The molecule has 12 nitrogen and oxygen atoms in total. The second-order valence-electron chi connectivity index (χ2n) is 10.8. The van der Waals surface area contributed by atoms with E-state index >= 15 is 0 Å². The van der Waals surface area contributed by atoms with E-state index in [0.29, 0.717) is 18.2 Å². The van der Waals surface area contributed by atoms with Crippen LogP contribution in [0.1, 0.15) is 64.0 Å². The SMILES string of the molecule is CCCN(CCCNCCNCCCN)Cc1cn(CCCNC(=O)CCCC[C@@H]2SC[C@@H]3NC(=O)N[C@@H]32)nn1. The molecule has 40 heavy (non-hydrogen) atoms. The number of urea groups is 1. The number of hydrogen-bond acceptors (Lipinski definition) is 9. The summed E-state index contributed by atoms with van der Waals surface area (Å²) < 4.78 is 1.88. The number of amides is 3. The van der Waals surface area contributed by atoms with E-state index in [1.807, 2.05) is 22.6 Å². The second-order valence-corrected chi connectivity index (χ2v) is 12.1. The number of carbonyl (C=O) groups is 2. The molecular formula is C27H52N10O2S. The highest BCUT2D eigenvalue weighted by Crippen LogP contribution is 2.33. The van der Waals surface area contributed by atoms with Crippen molar-refractivity contribution in [3.8, 4) is 0 Å². The van der Waals surface area contributed by atoms with Crippen molar-refractivity contribution in [2.75, 3.05) is 58.1 Å². The maximum absolute atomic E-state index is 12.2. The Hall–Kier alpha value is -1.93. The van der Waals surface area contributed by atoms with Gasteiger partial charge < -0.3 is 32.3 Å². The van der Waals surface area contributed by atoms with Gasteiger partial charge in [0.25, 0.3) is 0 Å². The van der Waals surface area contributed by atoms with E-state index in [-0.39, 0.29) is 24.0 Å². The first-order valence-corrected chi connectivity index (χ1v) is 16.3. The molecule has 2 aliphatic rings. The summed E-state index contributed by atoms with van der Waals surface area (Å²) in [5.41, 5.74) is 6.50. The Morgan fingerprint density at radius 2 is 1.93 bits per heavy atom.